The average Bonchev–Trinajstić information content (AvgIpc) is 2.88. The van der Waals surface area contributed by atoms with Crippen molar-refractivity contribution < 1.29 is 9.90 Å². The van der Waals surface area contributed by atoms with Gasteiger partial charge < -0.3 is 15.3 Å². The lowest BCUT2D eigenvalue weighted by atomic mass is 10.1. The molecule has 1 aliphatic heterocycles. The van der Waals surface area contributed by atoms with Gasteiger partial charge in [0.25, 0.3) is 0 Å². The van der Waals surface area contributed by atoms with E-state index >= 15 is 0 Å². The molecule has 1 aromatic rings. The van der Waals surface area contributed by atoms with Crippen molar-refractivity contribution in [1.29, 1.82) is 0 Å². The zero-order valence-corrected chi connectivity index (χ0v) is 10.6. The fraction of sp³-hybridized carbons (Fsp3) is 0.500. The Morgan fingerprint density at radius 1 is 1.33 bits per heavy atom. The molecule has 2 N–H and O–H groups in total. The van der Waals surface area contributed by atoms with Gasteiger partial charge in [-0.25, -0.2) is 4.79 Å². The monoisotopic (exact) mass is 248 g/mol. The molecule has 1 heterocycles. The molecule has 0 aromatic heterocycles. The minimum atomic E-state index is -0.867. The topological polar surface area (TPSA) is 52.6 Å². The Morgan fingerprint density at radius 2 is 2.11 bits per heavy atom. The maximum absolute atomic E-state index is 10.8. The van der Waals surface area contributed by atoms with E-state index in [0.29, 0.717) is 5.56 Å². The van der Waals surface area contributed by atoms with Crippen molar-refractivity contribution in [3.8, 4) is 0 Å². The molecule has 1 aromatic carbocycles. The van der Waals surface area contributed by atoms with Gasteiger partial charge in [-0.1, -0.05) is 12.1 Å². The highest BCUT2D eigenvalue weighted by molar-refractivity contribution is 5.87. The van der Waals surface area contributed by atoms with E-state index in [2.05, 4.69) is 10.2 Å². The van der Waals surface area contributed by atoms with E-state index in [0.717, 1.165) is 25.2 Å². The summed E-state index contributed by atoms with van der Waals surface area (Å²) in [5.41, 5.74) is 1.38. The van der Waals surface area contributed by atoms with Crippen molar-refractivity contribution in [3.05, 3.63) is 35.4 Å². The molecule has 0 aliphatic carbocycles. The van der Waals surface area contributed by atoms with Crippen LogP contribution in [-0.2, 0) is 6.54 Å². The minimum absolute atomic E-state index is 0.355. The Balaban J connectivity index is 1.72. The van der Waals surface area contributed by atoms with Gasteiger partial charge in [0.15, 0.2) is 0 Å². The third kappa shape index (κ3) is 3.82. The zero-order chi connectivity index (χ0) is 12.8. The van der Waals surface area contributed by atoms with Crippen LogP contribution < -0.4 is 5.32 Å². The van der Waals surface area contributed by atoms with Crippen LogP contribution in [0.25, 0.3) is 0 Å². The van der Waals surface area contributed by atoms with Crippen LogP contribution in [0.4, 0.5) is 0 Å². The average molecular weight is 248 g/mol. The lowest BCUT2D eigenvalue weighted by molar-refractivity contribution is 0.0696. The van der Waals surface area contributed by atoms with Crippen LogP contribution in [0.3, 0.4) is 0 Å². The van der Waals surface area contributed by atoms with Crippen molar-refractivity contribution in [1.82, 2.24) is 10.2 Å². The SMILES string of the molecule is O=C(O)c1cccc(CNCCN2CCCC2)c1. The summed E-state index contributed by atoms with van der Waals surface area (Å²) in [4.78, 5) is 13.3. The Kier molecular flexibility index (Phi) is 4.73. The second-order valence-corrected chi connectivity index (χ2v) is 4.73. The van der Waals surface area contributed by atoms with E-state index in [9.17, 15) is 4.79 Å². The molecule has 4 nitrogen and oxygen atoms in total. The van der Waals surface area contributed by atoms with Gasteiger partial charge in [-0.3, -0.25) is 0 Å². The van der Waals surface area contributed by atoms with Crippen molar-refractivity contribution >= 4 is 5.97 Å². The molecular weight excluding hydrogens is 228 g/mol. The van der Waals surface area contributed by atoms with E-state index in [1.807, 2.05) is 6.07 Å². The zero-order valence-electron chi connectivity index (χ0n) is 10.6. The first kappa shape index (κ1) is 13.1. The van der Waals surface area contributed by atoms with Gasteiger partial charge in [0, 0.05) is 19.6 Å². The first-order chi connectivity index (χ1) is 8.75. The van der Waals surface area contributed by atoms with Gasteiger partial charge in [0.05, 0.1) is 5.56 Å². The fourth-order valence-electron chi connectivity index (χ4n) is 2.29. The fourth-order valence-corrected chi connectivity index (χ4v) is 2.29. The smallest absolute Gasteiger partial charge is 0.335 e. The van der Waals surface area contributed by atoms with Crippen LogP contribution in [-0.4, -0.2) is 42.2 Å². The summed E-state index contributed by atoms with van der Waals surface area (Å²) in [5, 5.41) is 12.3. The molecule has 2 rings (SSSR count). The molecule has 0 atom stereocenters. The molecule has 1 aliphatic rings. The number of carboxylic acids is 1. The predicted octanol–water partition coefficient (Wildman–Crippen LogP) is 1.57. The first-order valence-corrected chi connectivity index (χ1v) is 6.51. The van der Waals surface area contributed by atoms with E-state index < -0.39 is 5.97 Å². The number of nitrogens with one attached hydrogen (secondary N) is 1. The maximum atomic E-state index is 10.8. The number of aromatic carboxylic acids is 1. The van der Waals surface area contributed by atoms with Crippen LogP contribution in [0, 0.1) is 0 Å². The van der Waals surface area contributed by atoms with Crippen LogP contribution >= 0.6 is 0 Å². The largest absolute Gasteiger partial charge is 0.478 e. The number of nitrogens with zero attached hydrogens (tertiary/aromatic N) is 1. The Morgan fingerprint density at radius 3 is 2.83 bits per heavy atom. The molecule has 0 amide bonds. The molecular formula is C14H20N2O2. The normalized spacial score (nSPS) is 16.0. The van der Waals surface area contributed by atoms with Gasteiger partial charge in [0.2, 0.25) is 0 Å². The van der Waals surface area contributed by atoms with Gasteiger partial charge in [-0.2, -0.15) is 0 Å². The molecule has 18 heavy (non-hydrogen) atoms. The molecule has 0 spiro atoms. The molecule has 0 bridgehead atoms. The summed E-state index contributed by atoms with van der Waals surface area (Å²) >= 11 is 0. The summed E-state index contributed by atoms with van der Waals surface area (Å²) in [5.74, 6) is -0.867. The maximum Gasteiger partial charge on any atom is 0.335 e. The summed E-state index contributed by atoms with van der Waals surface area (Å²) in [6, 6.07) is 7.09. The molecule has 0 radical (unpaired) electrons. The van der Waals surface area contributed by atoms with Crippen LogP contribution in [0.1, 0.15) is 28.8 Å². The number of rotatable bonds is 6. The van der Waals surface area contributed by atoms with Gasteiger partial charge in [-0.05, 0) is 43.6 Å². The second kappa shape index (κ2) is 6.52. The molecule has 1 fully saturated rings. The summed E-state index contributed by atoms with van der Waals surface area (Å²) in [6.07, 6.45) is 2.64. The number of carbonyl (C=O) groups is 1. The highest BCUT2D eigenvalue weighted by Crippen LogP contribution is 2.06. The Bertz CT molecular complexity index is 401. The number of hydrogen-bond donors (Lipinski definition) is 2. The van der Waals surface area contributed by atoms with E-state index in [1.54, 1.807) is 18.2 Å². The number of carboxylic acid groups (broad SMARTS) is 1. The first-order valence-electron chi connectivity index (χ1n) is 6.51. The van der Waals surface area contributed by atoms with Crippen LogP contribution in [0.2, 0.25) is 0 Å². The predicted molar refractivity (Wildman–Crippen MR) is 70.8 cm³/mol. The molecule has 4 heteroatoms. The second-order valence-electron chi connectivity index (χ2n) is 4.73. The summed E-state index contributed by atoms with van der Waals surface area (Å²) < 4.78 is 0. The highest BCUT2D eigenvalue weighted by Gasteiger charge is 2.10. The van der Waals surface area contributed by atoms with Gasteiger partial charge in [-0.15, -0.1) is 0 Å². The van der Waals surface area contributed by atoms with Crippen molar-refractivity contribution in [3.63, 3.8) is 0 Å². The van der Waals surface area contributed by atoms with E-state index in [-0.39, 0.29) is 0 Å². The minimum Gasteiger partial charge on any atom is -0.478 e. The third-order valence-electron chi connectivity index (χ3n) is 3.31. The standard InChI is InChI=1S/C14H20N2O2/c17-14(18)13-5-3-4-12(10-13)11-15-6-9-16-7-1-2-8-16/h3-5,10,15H,1-2,6-9,11H2,(H,17,18). The van der Waals surface area contributed by atoms with Crippen molar-refractivity contribution in [2.75, 3.05) is 26.2 Å². The summed E-state index contributed by atoms with van der Waals surface area (Å²) in [7, 11) is 0. The van der Waals surface area contributed by atoms with Crippen LogP contribution in [0.15, 0.2) is 24.3 Å². The quantitative estimate of drug-likeness (QED) is 0.750. The number of benzene rings is 1. The highest BCUT2D eigenvalue weighted by atomic mass is 16.4. The third-order valence-corrected chi connectivity index (χ3v) is 3.31. The molecule has 98 valence electrons. The molecule has 0 saturated carbocycles. The van der Waals surface area contributed by atoms with E-state index in [4.69, 9.17) is 5.11 Å². The van der Waals surface area contributed by atoms with Crippen molar-refractivity contribution in [2.24, 2.45) is 0 Å². The molecule has 0 unspecified atom stereocenters. The lowest BCUT2D eigenvalue weighted by Gasteiger charge is -2.14. The lowest BCUT2D eigenvalue weighted by Crippen LogP contribution is -2.29. The Hall–Kier alpha value is -1.39. The van der Waals surface area contributed by atoms with Gasteiger partial charge >= 0.3 is 5.97 Å². The number of hydrogen-bond acceptors (Lipinski definition) is 3. The Labute approximate surface area is 108 Å². The molecule has 1 saturated heterocycles. The summed E-state index contributed by atoms with van der Waals surface area (Å²) in [6.45, 7) is 5.21. The van der Waals surface area contributed by atoms with Crippen molar-refractivity contribution in [2.45, 2.75) is 19.4 Å². The number of likely N-dealkylation sites (tertiary alicyclic amines) is 1. The van der Waals surface area contributed by atoms with Crippen LogP contribution in [0.5, 0.6) is 0 Å². The van der Waals surface area contributed by atoms with Gasteiger partial charge in [0.1, 0.15) is 0 Å². The van der Waals surface area contributed by atoms with E-state index in [1.165, 1.54) is 25.9 Å².